The van der Waals surface area contributed by atoms with Gasteiger partial charge in [0.2, 0.25) is 0 Å². The summed E-state index contributed by atoms with van der Waals surface area (Å²) in [6.07, 6.45) is 2.49. The number of nitrogens with zero attached hydrogens (tertiary/aromatic N) is 4. The second kappa shape index (κ2) is 8.82. The molecule has 0 saturated carbocycles. The number of carbonyl (C=O) groups is 1. The molecule has 1 aliphatic heterocycles. The number of amides is 1. The zero-order valence-electron chi connectivity index (χ0n) is 17.9. The van der Waals surface area contributed by atoms with Gasteiger partial charge in [-0.05, 0) is 45.7 Å². The Bertz CT molecular complexity index is 1040. The van der Waals surface area contributed by atoms with E-state index < -0.39 is 28.9 Å². The second-order valence-electron chi connectivity index (χ2n) is 8.49. The molecule has 7 nitrogen and oxygen atoms in total. The van der Waals surface area contributed by atoms with Crippen LogP contribution in [-0.2, 0) is 4.74 Å². The first-order chi connectivity index (χ1) is 14.5. The molecule has 10 heteroatoms. The number of rotatable bonds is 3. The standard InChI is InChI=1S/C21H25ClF2N4O3/c1-21(2,3)31-20(30)26(4)14-6-5-9-27(12-14)17-11-25-28(19(29)18(17)22)16-8-7-13(23)10-15(16)24/h7-8,10-11,14H,5-6,9,12H2,1-4H3/t14-/m1/s1. The van der Waals surface area contributed by atoms with Gasteiger partial charge in [-0.3, -0.25) is 4.79 Å². The number of piperidine rings is 1. The number of hydrogen-bond donors (Lipinski definition) is 0. The molecule has 168 valence electrons. The van der Waals surface area contributed by atoms with Gasteiger partial charge in [-0.1, -0.05) is 11.6 Å². The third-order valence-corrected chi connectivity index (χ3v) is 5.36. The van der Waals surface area contributed by atoms with Gasteiger partial charge in [0.05, 0.1) is 17.9 Å². The molecule has 3 rings (SSSR count). The number of ether oxygens (including phenoxy) is 1. The van der Waals surface area contributed by atoms with E-state index in [9.17, 15) is 18.4 Å². The molecule has 1 atom stereocenters. The van der Waals surface area contributed by atoms with E-state index in [-0.39, 0.29) is 16.8 Å². The van der Waals surface area contributed by atoms with Crippen molar-refractivity contribution in [2.24, 2.45) is 0 Å². The fourth-order valence-corrected chi connectivity index (χ4v) is 3.69. The van der Waals surface area contributed by atoms with Crippen molar-refractivity contribution < 1.29 is 18.3 Å². The van der Waals surface area contributed by atoms with Crippen LogP contribution in [-0.4, -0.2) is 52.6 Å². The van der Waals surface area contributed by atoms with Crippen molar-refractivity contribution in [3.8, 4) is 5.69 Å². The molecule has 1 aromatic carbocycles. The summed E-state index contributed by atoms with van der Waals surface area (Å²) >= 11 is 6.33. The molecule has 0 spiro atoms. The zero-order chi connectivity index (χ0) is 22.9. The Morgan fingerprint density at radius 2 is 2.00 bits per heavy atom. The van der Waals surface area contributed by atoms with E-state index in [2.05, 4.69) is 5.10 Å². The highest BCUT2D eigenvalue weighted by atomic mass is 35.5. The summed E-state index contributed by atoms with van der Waals surface area (Å²) in [7, 11) is 1.68. The van der Waals surface area contributed by atoms with Gasteiger partial charge in [0.25, 0.3) is 5.56 Å². The highest BCUT2D eigenvalue weighted by Gasteiger charge is 2.30. The molecule has 1 aliphatic rings. The maximum Gasteiger partial charge on any atom is 0.410 e. The topological polar surface area (TPSA) is 67.7 Å². The molecule has 2 aromatic rings. The van der Waals surface area contributed by atoms with Crippen LogP contribution < -0.4 is 10.5 Å². The van der Waals surface area contributed by atoms with E-state index in [0.29, 0.717) is 24.8 Å². The van der Waals surface area contributed by atoms with Gasteiger partial charge in [0.15, 0.2) is 5.82 Å². The van der Waals surface area contributed by atoms with Gasteiger partial charge in [-0.15, -0.1) is 0 Å². The largest absolute Gasteiger partial charge is 0.444 e. The normalized spacial score (nSPS) is 16.9. The number of halogens is 3. The zero-order valence-corrected chi connectivity index (χ0v) is 18.6. The lowest BCUT2D eigenvalue weighted by molar-refractivity contribution is 0.0210. The predicted molar refractivity (Wildman–Crippen MR) is 114 cm³/mol. The second-order valence-corrected chi connectivity index (χ2v) is 8.87. The van der Waals surface area contributed by atoms with Crippen LogP contribution in [0.1, 0.15) is 33.6 Å². The SMILES string of the molecule is CN(C(=O)OC(C)(C)C)[C@@H]1CCCN(c2cnn(-c3ccc(F)cc3F)c(=O)c2Cl)C1. The first-order valence-corrected chi connectivity index (χ1v) is 10.3. The van der Waals surface area contributed by atoms with E-state index in [1.165, 1.54) is 6.20 Å². The van der Waals surface area contributed by atoms with Gasteiger partial charge in [0.1, 0.15) is 22.1 Å². The molecule has 0 radical (unpaired) electrons. The average molecular weight is 455 g/mol. The quantitative estimate of drug-likeness (QED) is 0.701. The van der Waals surface area contributed by atoms with Gasteiger partial charge in [-0.2, -0.15) is 9.78 Å². The molecular formula is C21H25ClF2N4O3. The first-order valence-electron chi connectivity index (χ1n) is 9.92. The molecule has 0 N–H and O–H groups in total. The highest BCUT2D eigenvalue weighted by Crippen LogP contribution is 2.27. The van der Waals surface area contributed by atoms with Crippen LogP contribution in [0.5, 0.6) is 0 Å². The summed E-state index contributed by atoms with van der Waals surface area (Å²) in [5.41, 5.74) is -1.12. The molecule has 1 saturated heterocycles. The van der Waals surface area contributed by atoms with Crippen molar-refractivity contribution in [1.29, 1.82) is 0 Å². The molecule has 31 heavy (non-hydrogen) atoms. The van der Waals surface area contributed by atoms with Crippen LogP contribution in [0.4, 0.5) is 19.3 Å². The summed E-state index contributed by atoms with van der Waals surface area (Å²) < 4.78 is 33.5. The van der Waals surface area contributed by atoms with E-state index in [1.807, 2.05) is 4.90 Å². The smallest absolute Gasteiger partial charge is 0.410 e. The maximum absolute atomic E-state index is 14.1. The summed E-state index contributed by atoms with van der Waals surface area (Å²) in [4.78, 5) is 28.6. The third-order valence-electron chi connectivity index (χ3n) is 5.00. The lowest BCUT2D eigenvalue weighted by Gasteiger charge is -2.39. The van der Waals surface area contributed by atoms with Crippen molar-refractivity contribution in [2.45, 2.75) is 45.3 Å². The number of hydrogen-bond acceptors (Lipinski definition) is 5. The highest BCUT2D eigenvalue weighted by molar-refractivity contribution is 6.33. The maximum atomic E-state index is 14.1. The number of likely N-dealkylation sites (N-methyl/N-ethyl adjacent to an activating group) is 1. The van der Waals surface area contributed by atoms with E-state index in [4.69, 9.17) is 16.3 Å². The Kier molecular flexibility index (Phi) is 6.54. The fourth-order valence-electron chi connectivity index (χ4n) is 3.44. The first kappa shape index (κ1) is 23.0. The minimum Gasteiger partial charge on any atom is -0.444 e. The summed E-state index contributed by atoms with van der Waals surface area (Å²) in [5, 5.41) is 3.91. The fraction of sp³-hybridized carbons (Fsp3) is 0.476. The van der Waals surface area contributed by atoms with Gasteiger partial charge >= 0.3 is 6.09 Å². The number of benzene rings is 1. The Labute approximate surface area is 184 Å². The monoisotopic (exact) mass is 454 g/mol. The molecule has 2 heterocycles. The van der Waals surface area contributed by atoms with Crippen LogP contribution in [0.2, 0.25) is 5.02 Å². The van der Waals surface area contributed by atoms with Crippen molar-refractivity contribution in [3.05, 3.63) is 51.4 Å². The molecule has 0 bridgehead atoms. The number of anilines is 1. The van der Waals surface area contributed by atoms with Gasteiger partial charge < -0.3 is 14.5 Å². The minimum absolute atomic E-state index is 0.126. The predicted octanol–water partition coefficient (Wildman–Crippen LogP) is 4.00. The lowest BCUT2D eigenvalue weighted by Crippen LogP contribution is -2.50. The summed E-state index contributed by atoms with van der Waals surface area (Å²) in [6, 6.07) is 2.70. The Morgan fingerprint density at radius 1 is 1.29 bits per heavy atom. The van der Waals surface area contributed by atoms with Crippen molar-refractivity contribution in [3.63, 3.8) is 0 Å². The van der Waals surface area contributed by atoms with Gasteiger partial charge in [-0.25, -0.2) is 13.6 Å². The Balaban J connectivity index is 1.83. The summed E-state index contributed by atoms with van der Waals surface area (Å²) in [5.74, 6) is -1.68. The number of carbonyl (C=O) groups excluding carboxylic acids is 1. The lowest BCUT2D eigenvalue weighted by atomic mass is 10.0. The molecule has 0 aliphatic carbocycles. The van der Waals surface area contributed by atoms with Crippen LogP contribution in [0.25, 0.3) is 5.69 Å². The van der Waals surface area contributed by atoms with Crippen molar-refractivity contribution in [1.82, 2.24) is 14.7 Å². The Hall–Kier alpha value is -2.68. The van der Waals surface area contributed by atoms with E-state index in [0.717, 1.165) is 29.7 Å². The minimum atomic E-state index is -0.921. The van der Waals surface area contributed by atoms with E-state index in [1.54, 1.807) is 32.7 Å². The number of aromatic nitrogens is 2. The van der Waals surface area contributed by atoms with Crippen LogP contribution in [0.15, 0.2) is 29.2 Å². The summed E-state index contributed by atoms with van der Waals surface area (Å²) in [6.45, 7) is 6.46. The molecule has 1 amide bonds. The van der Waals surface area contributed by atoms with Crippen molar-refractivity contribution in [2.75, 3.05) is 25.0 Å². The Morgan fingerprint density at radius 3 is 2.65 bits per heavy atom. The van der Waals surface area contributed by atoms with Gasteiger partial charge in [0, 0.05) is 26.2 Å². The molecule has 1 aromatic heterocycles. The van der Waals surface area contributed by atoms with Crippen LogP contribution >= 0.6 is 11.6 Å². The van der Waals surface area contributed by atoms with Crippen molar-refractivity contribution >= 4 is 23.4 Å². The average Bonchev–Trinajstić information content (AvgIpc) is 2.69. The van der Waals surface area contributed by atoms with E-state index >= 15 is 0 Å². The molecular weight excluding hydrogens is 430 g/mol. The van der Waals surface area contributed by atoms with Crippen LogP contribution in [0.3, 0.4) is 0 Å². The molecule has 1 fully saturated rings. The van der Waals surface area contributed by atoms with Crippen LogP contribution in [0, 0.1) is 11.6 Å². The third kappa shape index (κ3) is 5.15. The molecule has 0 unspecified atom stereocenters.